The molecule has 0 radical (unpaired) electrons. The minimum Gasteiger partial charge on any atom is -0.338 e. The summed E-state index contributed by atoms with van der Waals surface area (Å²) in [6.45, 7) is 3.55. The third kappa shape index (κ3) is 3.96. The first-order valence-corrected chi connectivity index (χ1v) is 5.49. The molecule has 0 aliphatic heterocycles. The van der Waals surface area contributed by atoms with Crippen molar-refractivity contribution in [3.63, 3.8) is 0 Å². The number of carbonyl (C=O) groups excluding carboxylic acids is 1. The predicted molar refractivity (Wildman–Crippen MR) is 57.0 cm³/mol. The molecule has 1 aliphatic rings. The van der Waals surface area contributed by atoms with Crippen LogP contribution in [0.5, 0.6) is 0 Å². The molecule has 4 N–H and O–H groups in total. The Morgan fingerprint density at radius 2 is 2.21 bits per heavy atom. The second-order valence-corrected chi connectivity index (χ2v) is 4.08. The van der Waals surface area contributed by atoms with Crippen LogP contribution < -0.4 is 16.4 Å². The first-order valence-electron chi connectivity index (χ1n) is 5.49. The Kier molecular flexibility index (Phi) is 4.73. The van der Waals surface area contributed by atoms with E-state index in [1.807, 2.05) is 6.92 Å². The zero-order valence-corrected chi connectivity index (χ0v) is 8.88. The molecule has 4 nitrogen and oxygen atoms in total. The highest BCUT2D eigenvalue weighted by atomic mass is 16.2. The van der Waals surface area contributed by atoms with Crippen molar-refractivity contribution in [3.8, 4) is 0 Å². The van der Waals surface area contributed by atoms with Gasteiger partial charge in [0.15, 0.2) is 0 Å². The Morgan fingerprint density at radius 1 is 1.43 bits per heavy atom. The molecular weight excluding hydrogens is 178 g/mol. The van der Waals surface area contributed by atoms with Gasteiger partial charge >= 0.3 is 6.03 Å². The van der Waals surface area contributed by atoms with E-state index in [-0.39, 0.29) is 6.03 Å². The quantitative estimate of drug-likeness (QED) is 0.627. The van der Waals surface area contributed by atoms with Gasteiger partial charge in [0.25, 0.3) is 0 Å². The molecule has 0 bridgehead atoms. The van der Waals surface area contributed by atoms with Crippen LogP contribution >= 0.6 is 0 Å². The van der Waals surface area contributed by atoms with Crippen LogP contribution in [0.1, 0.15) is 32.6 Å². The van der Waals surface area contributed by atoms with Crippen LogP contribution in [0.15, 0.2) is 0 Å². The summed E-state index contributed by atoms with van der Waals surface area (Å²) in [6, 6.07) is 0.299. The van der Waals surface area contributed by atoms with E-state index in [9.17, 15) is 4.79 Å². The number of nitrogens with two attached hydrogens (primary N) is 1. The molecule has 1 aliphatic carbocycles. The second-order valence-electron chi connectivity index (χ2n) is 4.08. The average molecular weight is 199 g/mol. The van der Waals surface area contributed by atoms with E-state index in [0.717, 1.165) is 38.8 Å². The Balaban J connectivity index is 2.05. The molecule has 1 fully saturated rings. The van der Waals surface area contributed by atoms with Crippen LogP contribution in [0.25, 0.3) is 0 Å². The zero-order valence-electron chi connectivity index (χ0n) is 8.88. The largest absolute Gasteiger partial charge is 0.338 e. The van der Waals surface area contributed by atoms with Crippen LogP contribution in [-0.2, 0) is 0 Å². The van der Waals surface area contributed by atoms with Gasteiger partial charge in [-0.25, -0.2) is 4.79 Å². The molecule has 1 saturated carbocycles. The fourth-order valence-corrected chi connectivity index (χ4v) is 1.84. The summed E-state index contributed by atoms with van der Waals surface area (Å²) in [5.74, 6) is 0.581. The number of hydrogen-bond donors (Lipinski definition) is 3. The van der Waals surface area contributed by atoms with E-state index in [1.54, 1.807) is 0 Å². The highest BCUT2D eigenvalue weighted by Gasteiger charge is 2.21. The monoisotopic (exact) mass is 199 g/mol. The van der Waals surface area contributed by atoms with Crippen LogP contribution in [0.4, 0.5) is 4.79 Å². The van der Waals surface area contributed by atoms with E-state index < -0.39 is 0 Å². The summed E-state index contributed by atoms with van der Waals surface area (Å²) < 4.78 is 0. The van der Waals surface area contributed by atoms with E-state index in [4.69, 9.17) is 5.73 Å². The lowest BCUT2D eigenvalue weighted by Gasteiger charge is -2.11. The van der Waals surface area contributed by atoms with E-state index in [1.165, 1.54) is 0 Å². The maximum atomic E-state index is 11.2. The van der Waals surface area contributed by atoms with Crippen LogP contribution in [-0.4, -0.2) is 25.2 Å². The summed E-state index contributed by atoms with van der Waals surface area (Å²) in [4.78, 5) is 11.2. The van der Waals surface area contributed by atoms with Gasteiger partial charge in [0.05, 0.1) is 0 Å². The summed E-state index contributed by atoms with van der Waals surface area (Å²) in [7, 11) is 0. The van der Waals surface area contributed by atoms with Gasteiger partial charge in [0.2, 0.25) is 0 Å². The number of nitrogens with one attached hydrogen (secondary N) is 2. The maximum Gasteiger partial charge on any atom is 0.314 e. The van der Waals surface area contributed by atoms with E-state index in [2.05, 4.69) is 10.6 Å². The summed E-state index contributed by atoms with van der Waals surface area (Å²) >= 11 is 0. The van der Waals surface area contributed by atoms with Gasteiger partial charge in [-0.2, -0.15) is 0 Å². The van der Waals surface area contributed by atoms with E-state index >= 15 is 0 Å². The van der Waals surface area contributed by atoms with Gasteiger partial charge in [-0.05, 0) is 31.6 Å². The number of carbonyl (C=O) groups is 1. The number of urea groups is 1. The molecule has 2 atom stereocenters. The van der Waals surface area contributed by atoms with Crippen molar-refractivity contribution in [3.05, 3.63) is 0 Å². The summed E-state index contributed by atoms with van der Waals surface area (Å²) in [5.41, 5.74) is 5.78. The first kappa shape index (κ1) is 11.3. The molecule has 0 spiro atoms. The normalized spacial score (nSPS) is 26.1. The fraction of sp³-hybridized carbons (Fsp3) is 0.900. The molecule has 0 aromatic rings. The lowest BCUT2D eigenvalue weighted by molar-refractivity contribution is 0.239. The second kappa shape index (κ2) is 5.86. The predicted octanol–water partition coefficient (Wildman–Crippen LogP) is 0.823. The molecule has 0 saturated heterocycles. The van der Waals surface area contributed by atoms with Crippen molar-refractivity contribution >= 4 is 6.03 Å². The SMILES string of the molecule is CCCNC(=O)NCC1CCC(N)C1. The molecule has 2 unspecified atom stereocenters. The standard InChI is InChI=1S/C10H21N3O/c1-2-5-12-10(14)13-7-8-3-4-9(11)6-8/h8-9H,2-7,11H2,1H3,(H2,12,13,14). The Morgan fingerprint density at radius 3 is 2.79 bits per heavy atom. The molecule has 2 amide bonds. The Labute approximate surface area is 85.6 Å². The average Bonchev–Trinajstić information content (AvgIpc) is 2.58. The van der Waals surface area contributed by atoms with Gasteiger partial charge in [0, 0.05) is 19.1 Å². The van der Waals surface area contributed by atoms with E-state index in [0.29, 0.717) is 12.0 Å². The van der Waals surface area contributed by atoms with Gasteiger partial charge in [-0.15, -0.1) is 0 Å². The van der Waals surface area contributed by atoms with Gasteiger partial charge < -0.3 is 16.4 Å². The van der Waals surface area contributed by atoms with Crippen LogP contribution in [0.3, 0.4) is 0 Å². The topological polar surface area (TPSA) is 67.2 Å². The van der Waals surface area contributed by atoms with Crippen molar-refractivity contribution < 1.29 is 4.79 Å². The Bertz CT molecular complexity index is 184. The molecule has 4 heteroatoms. The van der Waals surface area contributed by atoms with Crippen molar-refractivity contribution in [2.45, 2.75) is 38.6 Å². The molecule has 0 heterocycles. The van der Waals surface area contributed by atoms with Gasteiger partial charge in [-0.1, -0.05) is 6.92 Å². The molecule has 14 heavy (non-hydrogen) atoms. The van der Waals surface area contributed by atoms with Crippen molar-refractivity contribution in [2.75, 3.05) is 13.1 Å². The van der Waals surface area contributed by atoms with Crippen molar-refractivity contribution in [1.82, 2.24) is 10.6 Å². The highest BCUT2D eigenvalue weighted by Crippen LogP contribution is 2.22. The lowest BCUT2D eigenvalue weighted by Crippen LogP contribution is -2.38. The third-order valence-electron chi connectivity index (χ3n) is 2.67. The third-order valence-corrected chi connectivity index (χ3v) is 2.67. The molecule has 1 rings (SSSR count). The van der Waals surface area contributed by atoms with Crippen LogP contribution in [0, 0.1) is 5.92 Å². The molecular formula is C10H21N3O. The van der Waals surface area contributed by atoms with Gasteiger partial charge in [0.1, 0.15) is 0 Å². The van der Waals surface area contributed by atoms with Gasteiger partial charge in [-0.3, -0.25) is 0 Å². The smallest absolute Gasteiger partial charge is 0.314 e. The minimum absolute atomic E-state index is 0.0488. The zero-order chi connectivity index (χ0) is 10.4. The van der Waals surface area contributed by atoms with Crippen molar-refractivity contribution in [2.24, 2.45) is 11.7 Å². The summed E-state index contributed by atoms with van der Waals surface area (Å²) in [5, 5.41) is 5.66. The number of rotatable bonds is 4. The molecule has 82 valence electrons. The number of amides is 2. The molecule has 0 aromatic heterocycles. The fourth-order valence-electron chi connectivity index (χ4n) is 1.84. The van der Waals surface area contributed by atoms with Crippen molar-refractivity contribution in [1.29, 1.82) is 0 Å². The summed E-state index contributed by atoms with van der Waals surface area (Å²) in [6.07, 6.45) is 4.27. The minimum atomic E-state index is -0.0488. The Hall–Kier alpha value is -0.770. The highest BCUT2D eigenvalue weighted by molar-refractivity contribution is 5.73. The first-order chi connectivity index (χ1) is 6.72. The van der Waals surface area contributed by atoms with Crippen LogP contribution in [0.2, 0.25) is 0 Å². The maximum absolute atomic E-state index is 11.2. The lowest BCUT2D eigenvalue weighted by atomic mass is 10.1. The number of hydrogen-bond acceptors (Lipinski definition) is 2. The molecule has 0 aromatic carbocycles.